The van der Waals surface area contributed by atoms with Crippen LogP contribution >= 0.6 is 0 Å². The maximum atomic E-state index is 3.48. The van der Waals surface area contributed by atoms with Crippen molar-refractivity contribution in [2.45, 2.75) is 20.3 Å². The van der Waals surface area contributed by atoms with Gasteiger partial charge in [0.15, 0.2) is 0 Å². The van der Waals surface area contributed by atoms with Gasteiger partial charge in [0.1, 0.15) is 0 Å². The van der Waals surface area contributed by atoms with E-state index in [-0.39, 0.29) is 0 Å². The molecule has 2 aliphatic rings. The molecule has 1 N–H and O–H groups in total. The Balaban J connectivity index is 2.08. The summed E-state index contributed by atoms with van der Waals surface area (Å²) in [7, 11) is 0. The minimum absolute atomic E-state index is 0.650. The van der Waals surface area contributed by atoms with Crippen LogP contribution in [0.1, 0.15) is 20.3 Å². The molecule has 78 valence electrons. The number of rotatable bonds is 1. The van der Waals surface area contributed by atoms with Crippen LogP contribution < -0.4 is 5.32 Å². The summed E-state index contributed by atoms with van der Waals surface area (Å²) in [5.41, 5.74) is 0. The first-order chi connectivity index (χ1) is 6.77. The van der Waals surface area contributed by atoms with Crippen molar-refractivity contribution >= 4 is 0 Å². The lowest BCUT2D eigenvalue weighted by atomic mass is 9.85. The van der Waals surface area contributed by atoms with Crippen LogP contribution in [0.3, 0.4) is 0 Å². The van der Waals surface area contributed by atoms with Crippen molar-refractivity contribution in [1.82, 2.24) is 5.32 Å². The van der Waals surface area contributed by atoms with E-state index in [4.69, 9.17) is 0 Å². The van der Waals surface area contributed by atoms with Crippen LogP contribution in [0.4, 0.5) is 0 Å². The normalized spacial score (nSPS) is 41.5. The molecule has 1 saturated heterocycles. The topological polar surface area (TPSA) is 12.0 Å². The van der Waals surface area contributed by atoms with Gasteiger partial charge >= 0.3 is 0 Å². The predicted octanol–water partition coefficient (Wildman–Crippen LogP) is 2.61. The van der Waals surface area contributed by atoms with Crippen molar-refractivity contribution in [3.8, 4) is 0 Å². The number of nitrogens with one attached hydrogen (secondary N) is 1. The highest BCUT2D eigenvalue weighted by Crippen LogP contribution is 2.27. The van der Waals surface area contributed by atoms with Gasteiger partial charge < -0.3 is 5.32 Å². The quantitative estimate of drug-likeness (QED) is 0.628. The van der Waals surface area contributed by atoms with Gasteiger partial charge in [0, 0.05) is 6.54 Å². The number of fused-ring (bicyclic) bond motifs is 1. The van der Waals surface area contributed by atoms with Crippen LogP contribution in [0.25, 0.3) is 0 Å². The minimum atomic E-state index is 0.650. The molecule has 0 amide bonds. The van der Waals surface area contributed by atoms with Crippen LogP contribution in [0.15, 0.2) is 24.3 Å². The van der Waals surface area contributed by atoms with Crippen molar-refractivity contribution in [2.24, 2.45) is 23.7 Å². The van der Waals surface area contributed by atoms with Crippen molar-refractivity contribution in [1.29, 1.82) is 0 Å². The van der Waals surface area contributed by atoms with Crippen molar-refractivity contribution in [3.63, 3.8) is 0 Å². The average Bonchev–Trinajstić information content (AvgIpc) is 2.51. The molecule has 0 aromatic heterocycles. The smallest absolute Gasteiger partial charge is 0.00175 e. The molecule has 1 aliphatic heterocycles. The molecular formula is C13H21N. The molecule has 0 spiro atoms. The second-order valence-corrected chi connectivity index (χ2v) is 4.95. The van der Waals surface area contributed by atoms with E-state index in [1.54, 1.807) is 0 Å². The summed E-state index contributed by atoms with van der Waals surface area (Å²) < 4.78 is 0. The molecule has 2 rings (SSSR count). The summed E-state index contributed by atoms with van der Waals surface area (Å²) in [6.07, 6.45) is 10.9. The molecule has 1 fully saturated rings. The first-order valence-electron chi connectivity index (χ1n) is 5.83. The molecule has 1 heterocycles. The Morgan fingerprint density at radius 1 is 1.14 bits per heavy atom. The van der Waals surface area contributed by atoms with Crippen molar-refractivity contribution < 1.29 is 0 Å². The SMILES string of the molecule is CC(C)[C@H]1/C=C\C[C@H]2CNC[C@H]2/C=C\1. The van der Waals surface area contributed by atoms with Crippen LogP contribution in [-0.4, -0.2) is 13.1 Å². The molecule has 1 aliphatic carbocycles. The largest absolute Gasteiger partial charge is 0.316 e. The number of allylic oxidation sites excluding steroid dienone is 3. The molecule has 3 atom stereocenters. The first-order valence-corrected chi connectivity index (χ1v) is 5.83. The van der Waals surface area contributed by atoms with E-state index in [0.717, 1.165) is 17.8 Å². The average molecular weight is 191 g/mol. The first kappa shape index (κ1) is 9.97. The van der Waals surface area contributed by atoms with Crippen molar-refractivity contribution in [3.05, 3.63) is 24.3 Å². The summed E-state index contributed by atoms with van der Waals surface area (Å²) in [6.45, 7) is 6.97. The van der Waals surface area contributed by atoms with E-state index in [0.29, 0.717) is 5.92 Å². The fourth-order valence-electron chi connectivity index (χ4n) is 2.43. The third-order valence-corrected chi connectivity index (χ3v) is 3.54. The molecule has 1 heteroatoms. The standard InChI is InChI=1S/C13H21N/c1-10(2)11-4-3-5-12-8-14-9-13(12)7-6-11/h3-4,6-7,10-14H,5,8-9H2,1-2H3/b4-3-,7-6-/t11-,12-,13+/m0/s1. The van der Waals surface area contributed by atoms with E-state index in [9.17, 15) is 0 Å². The molecule has 0 saturated carbocycles. The molecule has 0 aromatic rings. The molecule has 14 heavy (non-hydrogen) atoms. The highest BCUT2D eigenvalue weighted by atomic mass is 14.9. The number of hydrogen-bond donors (Lipinski definition) is 1. The molecular weight excluding hydrogens is 170 g/mol. The van der Waals surface area contributed by atoms with E-state index < -0.39 is 0 Å². The van der Waals surface area contributed by atoms with Crippen LogP contribution in [0.2, 0.25) is 0 Å². The van der Waals surface area contributed by atoms with Gasteiger partial charge in [0.2, 0.25) is 0 Å². The van der Waals surface area contributed by atoms with Gasteiger partial charge in [-0.3, -0.25) is 0 Å². The molecule has 0 aromatic carbocycles. The van der Waals surface area contributed by atoms with Gasteiger partial charge in [-0.2, -0.15) is 0 Å². The summed E-state index contributed by atoms with van der Waals surface area (Å²) in [5, 5.41) is 3.48. The monoisotopic (exact) mass is 191 g/mol. The lowest BCUT2D eigenvalue weighted by Crippen LogP contribution is -2.12. The van der Waals surface area contributed by atoms with E-state index >= 15 is 0 Å². The highest BCUT2D eigenvalue weighted by Gasteiger charge is 2.24. The summed E-state index contributed by atoms with van der Waals surface area (Å²) in [6, 6.07) is 0. The van der Waals surface area contributed by atoms with Gasteiger partial charge in [0.05, 0.1) is 0 Å². The third-order valence-electron chi connectivity index (χ3n) is 3.54. The highest BCUT2D eigenvalue weighted by molar-refractivity contribution is 5.09. The summed E-state index contributed by atoms with van der Waals surface area (Å²) in [5.74, 6) is 3.00. The summed E-state index contributed by atoms with van der Waals surface area (Å²) >= 11 is 0. The second kappa shape index (κ2) is 4.31. The van der Waals surface area contributed by atoms with E-state index in [2.05, 4.69) is 43.5 Å². The molecule has 0 radical (unpaired) electrons. The van der Waals surface area contributed by atoms with Crippen LogP contribution in [0, 0.1) is 23.7 Å². The molecule has 0 bridgehead atoms. The van der Waals surface area contributed by atoms with Crippen molar-refractivity contribution in [2.75, 3.05) is 13.1 Å². The minimum Gasteiger partial charge on any atom is -0.316 e. The predicted molar refractivity (Wildman–Crippen MR) is 61.1 cm³/mol. The molecule has 0 unspecified atom stereocenters. The zero-order valence-electron chi connectivity index (χ0n) is 9.24. The zero-order chi connectivity index (χ0) is 9.97. The Morgan fingerprint density at radius 3 is 2.79 bits per heavy atom. The Kier molecular flexibility index (Phi) is 3.07. The number of hydrogen-bond acceptors (Lipinski definition) is 1. The fourth-order valence-corrected chi connectivity index (χ4v) is 2.43. The van der Waals surface area contributed by atoms with E-state index in [1.165, 1.54) is 19.5 Å². The Morgan fingerprint density at radius 2 is 2.00 bits per heavy atom. The molecule has 1 nitrogen and oxygen atoms in total. The van der Waals surface area contributed by atoms with E-state index in [1.807, 2.05) is 0 Å². The Hall–Kier alpha value is -0.560. The fraction of sp³-hybridized carbons (Fsp3) is 0.692. The van der Waals surface area contributed by atoms with Gasteiger partial charge in [-0.15, -0.1) is 0 Å². The van der Waals surface area contributed by atoms with Gasteiger partial charge in [-0.1, -0.05) is 38.2 Å². The lowest BCUT2D eigenvalue weighted by Gasteiger charge is -2.19. The lowest BCUT2D eigenvalue weighted by molar-refractivity contribution is 0.477. The van der Waals surface area contributed by atoms with Crippen LogP contribution in [-0.2, 0) is 0 Å². The van der Waals surface area contributed by atoms with Gasteiger partial charge in [-0.05, 0) is 36.6 Å². The Labute approximate surface area is 87.3 Å². The maximum Gasteiger partial charge on any atom is 0.00175 e. The third kappa shape index (κ3) is 2.09. The van der Waals surface area contributed by atoms with Gasteiger partial charge in [0.25, 0.3) is 0 Å². The van der Waals surface area contributed by atoms with Crippen LogP contribution in [0.5, 0.6) is 0 Å². The second-order valence-electron chi connectivity index (χ2n) is 4.95. The maximum absolute atomic E-state index is 3.48. The zero-order valence-corrected chi connectivity index (χ0v) is 9.24. The Bertz CT molecular complexity index is 240. The summed E-state index contributed by atoms with van der Waals surface area (Å²) in [4.78, 5) is 0. The van der Waals surface area contributed by atoms with Gasteiger partial charge in [-0.25, -0.2) is 0 Å².